The molecule has 0 aromatic heterocycles. The zero-order valence-electron chi connectivity index (χ0n) is 16.8. The van der Waals surface area contributed by atoms with E-state index in [1.807, 2.05) is 48.5 Å². The van der Waals surface area contributed by atoms with Crippen molar-refractivity contribution in [2.75, 3.05) is 18.4 Å². The number of nitrogens with two attached hydrogens (primary N) is 1. The Kier molecular flexibility index (Phi) is 8.69. The van der Waals surface area contributed by atoms with E-state index >= 15 is 0 Å². The molecule has 0 spiro atoms. The van der Waals surface area contributed by atoms with Gasteiger partial charge in [0.25, 0.3) is 5.91 Å². The third-order valence-electron chi connectivity index (χ3n) is 4.43. The number of carbonyl (C=O) groups is 2. The highest BCUT2D eigenvalue weighted by molar-refractivity contribution is 5.94. The number of carbonyl (C=O) groups excluding carboxylic acids is 2. The van der Waals surface area contributed by atoms with Crippen LogP contribution in [0.2, 0.25) is 0 Å². The average Bonchev–Trinajstić information content (AvgIpc) is 2.70. The van der Waals surface area contributed by atoms with Crippen molar-refractivity contribution in [2.45, 2.75) is 39.5 Å². The van der Waals surface area contributed by atoms with Gasteiger partial charge in [0, 0.05) is 24.2 Å². The normalized spacial score (nSPS) is 10.7. The summed E-state index contributed by atoms with van der Waals surface area (Å²) in [5.41, 5.74) is 8.97. The summed E-state index contributed by atoms with van der Waals surface area (Å²) in [6.45, 7) is 5.47. The van der Waals surface area contributed by atoms with Gasteiger partial charge in [0.1, 0.15) is 0 Å². The molecule has 2 aromatic rings. The van der Waals surface area contributed by atoms with Crippen LogP contribution in [0.1, 0.15) is 49.9 Å². The smallest absolute Gasteiger partial charge is 0.251 e. The molecule has 0 aliphatic carbocycles. The second kappa shape index (κ2) is 11.2. The summed E-state index contributed by atoms with van der Waals surface area (Å²) in [5.74, 6) is 0.402. The maximum absolute atomic E-state index is 12.1. The van der Waals surface area contributed by atoms with E-state index in [0.717, 1.165) is 36.1 Å². The first-order chi connectivity index (χ1) is 13.5. The summed E-state index contributed by atoms with van der Waals surface area (Å²) in [6.07, 6.45) is 3.31. The monoisotopic (exact) mass is 381 g/mol. The Morgan fingerprint density at radius 2 is 1.50 bits per heavy atom. The highest BCUT2D eigenvalue weighted by Crippen LogP contribution is 2.22. The van der Waals surface area contributed by atoms with E-state index in [9.17, 15) is 9.59 Å². The summed E-state index contributed by atoms with van der Waals surface area (Å²) in [6, 6.07) is 15.3. The molecular weight excluding hydrogens is 350 g/mol. The first-order valence-electron chi connectivity index (χ1n) is 9.98. The van der Waals surface area contributed by atoms with Gasteiger partial charge in [-0.15, -0.1) is 0 Å². The minimum absolute atomic E-state index is 0.0292. The number of nitrogens with one attached hydrogen (secondary N) is 2. The molecule has 0 saturated heterocycles. The highest BCUT2D eigenvalue weighted by Gasteiger charge is 2.07. The third kappa shape index (κ3) is 7.16. The quantitative estimate of drug-likeness (QED) is 0.539. The van der Waals surface area contributed by atoms with Crippen LogP contribution in [0.3, 0.4) is 0 Å². The van der Waals surface area contributed by atoms with E-state index in [-0.39, 0.29) is 11.8 Å². The van der Waals surface area contributed by atoms with Gasteiger partial charge in [-0.25, -0.2) is 0 Å². The number of amides is 2. The summed E-state index contributed by atoms with van der Waals surface area (Å²) in [7, 11) is 0. The Morgan fingerprint density at radius 3 is 2.07 bits per heavy atom. The molecule has 5 nitrogen and oxygen atoms in total. The fraction of sp³-hybridized carbons (Fsp3) is 0.391. The van der Waals surface area contributed by atoms with Crippen LogP contribution >= 0.6 is 0 Å². The van der Waals surface area contributed by atoms with E-state index in [2.05, 4.69) is 24.5 Å². The van der Waals surface area contributed by atoms with Crippen molar-refractivity contribution in [1.29, 1.82) is 0 Å². The molecule has 0 aliphatic heterocycles. The molecule has 0 aliphatic rings. The minimum Gasteiger partial charge on any atom is -0.352 e. The predicted molar refractivity (Wildman–Crippen MR) is 115 cm³/mol. The van der Waals surface area contributed by atoms with Gasteiger partial charge in [0.05, 0.1) is 0 Å². The zero-order valence-corrected chi connectivity index (χ0v) is 16.8. The second-order valence-corrected chi connectivity index (χ2v) is 7.41. The van der Waals surface area contributed by atoms with E-state index in [1.165, 1.54) is 0 Å². The lowest BCUT2D eigenvalue weighted by Crippen LogP contribution is -2.27. The molecule has 0 unspecified atom stereocenters. The number of hydrogen-bond acceptors (Lipinski definition) is 3. The largest absolute Gasteiger partial charge is 0.352 e. The number of rotatable bonds is 10. The molecule has 2 rings (SSSR count). The molecule has 0 radical (unpaired) electrons. The van der Waals surface area contributed by atoms with Gasteiger partial charge in [-0.05, 0) is 60.7 Å². The van der Waals surface area contributed by atoms with Crippen molar-refractivity contribution in [1.82, 2.24) is 5.32 Å². The van der Waals surface area contributed by atoms with Gasteiger partial charge in [0.15, 0.2) is 0 Å². The maximum Gasteiger partial charge on any atom is 0.251 e. The lowest BCUT2D eigenvalue weighted by Gasteiger charge is -2.09. The van der Waals surface area contributed by atoms with Crippen molar-refractivity contribution in [2.24, 2.45) is 11.7 Å². The van der Waals surface area contributed by atoms with Crippen LogP contribution in [0.5, 0.6) is 0 Å². The molecule has 0 heterocycles. The van der Waals surface area contributed by atoms with Crippen molar-refractivity contribution < 1.29 is 9.59 Å². The Bertz CT molecular complexity index is 752. The van der Waals surface area contributed by atoms with Gasteiger partial charge < -0.3 is 16.4 Å². The highest BCUT2D eigenvalue weighted by atomic mass is 16.2. The van der Waals surface area contributed by atoms with Crippen LogP contribution < -0.4 is 16.4 Å². The topological polar surface area (TPSA) is 84.2 Å². The van der Waals surface area contributed by atoms with Crippen molar-refractivity contribution >= 4 is 17.5 Å². The zero-order chi connectivity index (χ0) is 20.4. The standard InChI is InChI=1S/C23H31N3O2/c1-17(2)16-25-23(28)20-9-7-18(8-10-20)19-11-13-21(14-12-19)26-22(27)6-4-3-5-15-24/h7-14,17H,3-6,15-16,24H2,1-2H3,(H,25,28)(H,26,27). The number of hydrogen-bond donors (Lipinski definition) is 3. The Labute approximate surface area is 167 Å². The van der Waals surface area contributed by atoms with E-state index < -0.39 is 0 Å². The summed E-state index contributed by atoms with van der Waals surface area (Å²) in [5, 5.41) is 5.84. The molecule has 4 N–H and O–H groups in total. The molecule has 2 amide bonds. The van der Waals surface area contributed by atoms with Gasteiger partial charge in [-0.3, -0.25) is 9.59 Å². The molecule has 0 atom stereocenters. The van der Waals surface area contributed by atoms with Crippen LogP contribution in [0.15, 0.2) is 48.5 Å². The number of anilines is 1. The molecule has 28 heavy (non-hydrogen) atoms. The van der Waals surface area contributed by atoms with Gasteiger partial charge >= 0.3 is 0 Å². The first kappa shape index (κ1) is 21.6. The maximum atomic E-state index is 12.1. The van der Waals surface area contributed by atoms with Crippen molar-refractivity contribution in [3.63, 3.8) is 0 Å². The number of benzene rings is 2. The Morgan fingerprint density at radius 1 is 0.893 bits per heavy atom. The number of unbranched alkanes of at least 4 members (excludes halogenated alkanes) is 2. The Hall–Kier alpha value is -2.66. The lowest BCUT2D eigenvalue weighted by molar-refractivity contribution is -0.116. The van der Waals surface area contributed by atoms with Crippen LogP contribution in [0.25, 0.3) is 11.1 Å². The van der Waals surface area contributed by atoms with Gasteiger partial charge in [-0.1, -0.05) is 44.5 Å². The van der Waals surface area contributed by atoms with Crippen molar-refractivity contribution in [3.8, 4) is 11.1 Å². The molecule has 0 saturated carbocycles. The first-order valence-corrected chi connectivity index (χ1v) is 9.98. The van der Waals surface area contributed by atoms with Crippen LogP contribution in [0, 0.1) is 5.92 Å². The summed E-state index contributed by atoms with van der Waals surface area (Å²) < 4.78 is 0. The SMILES string of the molecule is CC(C)CNC(=O)c1ccc(-c2ccc(NC(=O)CCCCCN)cc2)cc1. The fourth-order valence-corrected chi connectivity index (χ4v) is 2.79. The molecule has 2 aromatic carbocycles. The van der Waals surface area contributed by atoms with Gasteiger partial charge in [0.2, 0.25) is 5.91 Å². The second-order valence-electron chi connectivity index (χ2n) is 7.41. The Balaban J connectivity index is 1.90. The van der Waals surface area contributed by atoms with E-state index in [0.29, 0.717) is 31.0 Å². The summed E-state index contributed by atoms with van der Waals surface area (Å²) >= 11 is 0. The van der Waals surface area contributed by atoms with Gasteiger partial charge in [-0.2, -0.15) is 0 Å². The van der Waals surface area contributed by atoms with Crippen molar-refractivity contribution in [3.05, 3.63) is 54.1 Å². The van der Waals surface area contributed by atoms with Crippen LogP contribution in [0.4, 0.5) is 5.69 Å². The molecule has 150 valence electrons. The van der Waals surface area contributed by atoms with Crippen LogP contribution in [-0.4, -0.2) is 24.9 Å². The molecule has 0 bridgehead atoms. The van der Waals surface area contributed by atoms with Crippen LogP contribution in [-0.2, 0) is 4.79 Å². The van der Waals surface area contributed by atoms with E-state index in [1.54, 1.807) is 0 Å². The average molecular weight is 382 g/mol. The molecule has 0 fully saturated rings. The minimum atomic E-state index is -0.0511. The third-order valence-corrected chi connectivity index (χ3v) is 4.43. The molecular formula is C23H31N3O2. The lowest BCUT2D eigenvalue weighted by atomic mass is 10.0. The van der Waals surface area contributed by atoms with E-state index in [4.69, 9.17) is 5.73 Å². The summed E-state index contributed by atoms with van der Waals surface area (Å²) in [4.78, 5) is 24.0. The predicted octanol–water partition coefficient (Wildman–Crippen LogP) is 4.20. The molecule has 5 heteroatoms. The fourth-order valence-electron chi connectivity index (χ4n) is 2.79.